The van der Waals surface area contributed by atoms with Crippen LogP contribution in [0.2, 0.25) is 0 Å². The van der Waals surface area contributed by atoms with E-state index in [2.05, 4.69) is 33.4 Å². The number of unbranched alkanes of at least 4 members (excludes halogenated alkanes) is 2. The summed E-state index contributed by atoms with van der Waals surface area (Å²) >= 11 is 13.7. The molecule has 6 heteroatoms. The molecule has 0 amide bonds. The molecule has 2 bridgehead atoms. The predicted octanol–water partition coefficient (Wildman–Crippen LogP) is 3.73. The molecule has 0 aromatic rings. The van der Waals surface area contributed by atoms with Gasteiger partial charge in [0.2, 0.25) is 0 Å². The Labute approximate surface area is 171 Å². The van der Waals surface area contributed by atoms with Crippen LogP contribution in [0.3, 0.4) is 0 Å². The van der Waals surface area contributed by atoms with Crippen molar-refractivity contribution in [3.63, 3.8) is 0 Å². The highest BCUT2D eigenvalue weighted by molar-refractivity contribution is 6.48. The van der Waals surface area contributed by atoms with Crippen LogP contribution in [0.25, 0.3) is 0 Å². The highest BCUT2D eigenvalue weighted by Crippen LogP contribution is 2.31. The molecule has 0 spiro atoms. The predicted molar refractivity (Wildman–Crippen MR) is 114 cm³/mol. The van der Waals surface area contributed by atoms with Crippen LogP contribution in [0.5, 0.6) is 0 Å². The van der Waals surface area contributed by atoms with Gasteiger partial charge in [-0.3, -0.25) is 4.90 Å². The van der Waals surface area contributed by atoms with E-state index in [1.54, 1.807) is 0 Å². The molecule has 0 radical (unpaired) electrons. The van der Waals surface area contributed by atoms with E-state index in [9.17, 15) is 0 Å². The molecular weight excluding hydrogens is 367 g/mol. The van der Waals surface area contributed by atoms with Crippen LogP contribution in [0.1, 0.15) is 52.4 Å². The van der Waals surface area contributed by atoms with Crippen molar-refractivity contribution in [3.8, 4) is 0 Å². The molecule has 2 atom stereocenters. The lowest BCUT2D eigenvalue weighted by Crippen LogP contribution is -2.52. The zero-order chi connectivity index (χ0) is 18.8. The van der Waals surface area contributed by atoms with Gasteiger partial charge in [0.15, 0.2) is 4.46 Å². The molecule has 2 saturated heterocycles. The monoisotopic (exact) mass is 406 g/mol. The molecule has 154 valence electrons. The van der Waals surface area contributed by atoms with Crippen LogP contribution in [0.4, 0.5) is 0 Å². The number of hydrogen-bond donors (Lipinski definition) is 0. The van der Waals surface area contributed by atoms with Crippen molar-refractivity contribution < 1.29 is 0 Å². The normalized spacial score (nSPS) is 29.5. The quantitative estimate of drug-likeness (QED) is 0.491. The van der Waals surface area contributed by atoms with Gasteiger partial charge in [0.25, 0.3) is 0 Å². The molecular formula is C20H40Cl2N4. The minimum atomic E-state index is -0.747. The number of alkyl halides is 2. The first-order chi connectivity index (χ1) is 12.5. The van der Waals surface area contributed by atoms with Gasteiger partial charge < -0.3 is 14.7 Å². The summed E-state index contributed by atoms with van der Waals surface area (Å²) in [5.41, 5.74) is 0. The number of hydrogen-bond acceptors (Lipinski definition) is 4. The van der Waals surface area contributed by atoms with E-state index < -0.39 is 4.46 Å². The van der Waals surface area contributed by atoms with E-state index >= 15 is 0 Å². The lowest BCUT2D eigenvalue weighted by Gasteiger charge is -2.41. The van der Waals surface area contributed by atoms with Crippen LogP contribution in [0.15, 0.2) is 0 Å². The molecule has 26 heavy (non-hydrogen) atoms. The summed E-state index contributed by atoms with van der Waals surface area (Å²) in [6.07, 6.45) is 7.14. The second-order valence-corrected chi connectivity index (χ2v) is 9.43. The van der Waals surface area contributed by atoms with Gasteiger partial charge in [-0.1, -0.05) is 49.9 Å². The Bertz CT molecular complexity index is 381. The second-order valence-electron chi connectivity index (χ2n) is 7.99. The largest absolute Gasteiger partial charge is 0.302 e. The van der Waals surface area contributed by atoms with Crippen molar-refractivity contribution in [2.45, 2.75) is 56.8 Å². The topological polar surface area (TPSA) is 13.0 Å². The maximum absolute atomic E-state index is 6.86. The Morgan fingerprint density at radius 1 is 0.692 bits per heavy atom. The van der Waals surface area contributed by atoms with Gasteiger partial charge in [0.1, 0.15) is 0 Å². The maximum Gasteiger partial charge on any atom is 0.172 e. The molecule has 4 nitrogen and oxygen atoms in total. The third-order valence-corrected chi connectivity index (χ3v) is 6.76. The lowest BCUT2D eigenvalue weighted by molar-refractivity contribution is 0.0987. The first-order valence-electron chi connectivity index (χ1n) is 10.8. The highest BCUT2D eigenvalue weighted by Gasteiger charge is 2.34. The van der Waals surface area contributed by atoms with E-state index in [0.29, 0.717) is 0 Å². The minimum Gasteiger partial charge on any atom is -0.302 e. The van der Waals surface area contributed by atoms with Crippen molar-refractivity contribution in [1.29, 1.82) is 0 Å². The number of fused-ring (bicyclic) bond motifs is 3. The van der Waals surface area contributed by atoms with Gasteiger partial charge in [-0.05, 0) is 45.4 Å². The van der Waals surface area contributed by atoms with Crippen LogP contribution in [-0.4, -0.2) is 96.0 Å². The molecule has 0 N–H and O–H groups in total. The Morgan fingerprint density at radius 3 is 1.96 bits per heavy atom. The fraction of sp³-hybridized carbons (Fsp3) is 1.00. The summed E-state index contributed by atoms with van der Waals surface area (Å²) in [6.45, 7) is 16.7. The van der Waals surface area contributed by atoms with Gasteiger partial charge in [-0.2, -0.15) is 0 Å². The zero-order valence-corrected chi connectivity index (χ0v) is 18.6. The smallest absolute Gasteiger partial charge is 0.172 e. The molecule has 2 unspecified atom stereocenters. The highest BCUT2D eigenvalue weighted by atomic mass is 35.5. The standard InChI is InChI=1S/C20H40Cl2N4/c1-3-5-9-23-11-7-12-25-15-14-24(10-6-4-2)13-8-20(21,22)26(18-16-23)19-17-25/h3-19H2,1-2H3. The van der Waals surface area contributed by atoms with Gasteiger partial charge >= 0.3 is 0 Å². The Morgan fingerprint density at radius 2 is 1.27 bits per heavy atom. The number of nitrogens with zero attached hydrogens (tertiary/aromatic N) is 4. The summed E-state index contributed by atoms with van der Waals surface area (Å²) in [5, 5.41) is 0. The molecule has 2 heterocycles. The van der Waals surface area contributed by atoms with Crippen LogP contribution < -0.4 is 0 Å². The van der Waals surface area contributed by atoms with E-state index in [4.69, 9.17) is 23.2 Å². The van der Waals surface area contributed by atoms with Crippen LogP contribution >= 0.6 is 23.2 Å². The summed E-state index contributed by atoms with van der Waals surface area (Å²) in [5.74, 6) is 0. The summed E-state index contributed by atoms with van der Waals surface area (Å²) in [7, 11) is 0. The van der Waals surface area contributed by atoms with Gasteiger partial charge in [-0.25, -0.2) is 0 Å². The van der Waals surface area contributed by atoms with Gasteiger partial charge in [-0.15, -0.1) is 0 Å². The summed E-state index contributed by atoms with van der Waals surface area (Å²) < 4.78 is -0.747. The molecule has 0 saturated carbocycles. The number of rotatable bonds is 6. The van der Waals surface area contributed by atoms with Crippen molar-refractivity contribution in [1.82, 2.24) is 19.6 Å². The molecule has 0 aromatic heterocycles. The summed E-state index contributed by atoms with van der Waals surface area (Å²) in [4.78, 5) is 10.1. The van der Waals surface area contributed by atoms with E-state index in [1.165, 1.54) is 64.8 Å². The SMILES string of the molecule is CCCCN1CCCN2CCN(CCCC)CCC(Cl)(Cl)N(CC1)CC2. The Balaban J connectivity index is 2.05. The first kappa shape index (κ1) is 22.7. The van der Waals surface area contributed by atoms with Gasteiger partial charge in [0, 0.05) is 52.2 Å². The summed E-state index contributed by atoms with van der Waals surface area (Å²) in [6, 6.07) is 0. The van der Waals surface area contributed by atoms with Crippen LogP contribution in [-0.2, 0) is 0 Å². The van der Waals surface area contributed by atoms with E-state index in [1.807, 2.05) is 0 Å². The minimum absolute atomic E-state index is 0.747. The molecule has 2 fully saturated rings. The van der Waals surface area contributed by atoms with Crippen molar-refractivity contribution >= 4 is 23.2 Å². The Kier molecular flexibility index (Phi) is 10.6. The third kappa shape index (κ3) is 7.81. The molecule has 2 rings (SSSR count). The molecule has 0 aromatic carbocycles. The van der Waals surface area contributed by atoms with Gasteiger partial charge in [0.05, 0.1) is 0 Å². The second kappa shape index (κ2) is 12.1. The number of halogens is 2. The molecule has 2 aliphatic rings. The van der Waals surface area contributed by atoms with Crippen molar-refractivity contribution in [3.05, 3.63) is 0 Å². The van der Waals surface area contributed by atoms with E-state index in [0.717, 1.165) is 45.7 Å². The first-order valence-corrected chi connectivity index (χ1v) is 11.6. The lowest BCUT2D eigenvalue weighted by atomic mass is 10.2. The fourth-order valence-electron chi connectivity index (χ4n) is 3.98. The average molecular weight is 407 g/mol. The molecule has 2 aliphatic heterocycles. The van der Waals surface area contributed by atoms with Crippen molar-refractivity contribution in [2.75, 3.05) is 72.0 Å². The van der Waals surface area contributed by atoms with Crippen molar-refractivity contribution in [2.24, 2.45) is 0 Å². The molecule has 0 aliphatic carbocycles. The fourth-order valence-corrected chi connectivity index (χ4v) is 4.49. The Hall–Kier alpha value is 0.420. The van der Waals surface area contributed by atoms with E-state index in [-0.39, 0.29) is 0 Å². The maximum atomic E-state index is 6.86. The third-order valence-electron chi connectivity index (χ3n) is 5.90. The zero-order valence-electron chi connectivity index (χ0n) is 17.1. The van der Waals surface area contributed by atoms with Crippen LogP contribution in [0, 0.1) is 0 Å². The average Bonchev–Trinajstić information content (AvgIpc) is 2.63.